The van der Waals surface area contributed by atoms with Gasteiger partial charge in [0.25, 0.3) is 0 Å². The summed E-state index contributed by atoms with van der Waals surface area (Å²) >= 11 is 1.49. The SMILES string of the molecule is CCC[C@@H](c1ccc(C(F)(F)F)cc1)[C@H](N)CNc1ncc(-c2ccc3c(c2)CC(=O)N3)s1. The number of hydrogen-bond acceptors (Lipinski definition) is 5. The third-order valence-electron chi connectivity index (χ3n) is 5.79. The van der Waals surface area contributed by atoms with Crippen LogP contribution in [0.1, 0.15) is 42.4 Å². The molecule has 2 heterocycles. The van der Waals surface area contributed by atoms with Crippen molar-refractivity contribution in [3.05, 3.63) is 65.4 Å². The quantitative estimate of drug-likeness (QED) is 0.394. The van der Waals surface area contributed by atoms with Gasteiger partial charge in [-0.3, -0.25) is 4.79 Å². The minimum absolute atomic E-state index is 0.00234. The maximum Gasteiger partial charge on any atom is 0.416 e. The second-order valence-corrected chi connectivity index (χ2v) is 9.22. The molecule has 0 saturated carbocycles. The second kappa shape index (κ2) is 9.52. The minimum Gasteiger partial charge on any atom is -0.360 e. The van der Waals surface area contributed by atoms with Gasteiger partial charge in [0.2, 0.25) is 5.91 Å². The van der Waals surface area contributed by atoms with Gasteiger partial charge in [-0.1, -0.05) is 42.9 Å². The van der Waals surface area contributed by atoms with Gasteiger partial charge in [-0.2, -0.15) is 13.2 Å². The number of amides is 1. The molecule has 9 heteroatoms. The predicted octanol–water partition coefficient (Wildman–Crippen LogP) is 5.65. The average Bonchev–Trinajstić information content (AvgIpc) is 3.40. The van der Waals surface area contributed by atoms with E-state index < -0.39 is 11.7 Å². The fourth-order valence-corrected chi connectivity index (χ4v) is 4.90. The molecule has 174 valence electrons. The third kappa shape index (κ3) is 5.36. The molecule has 0 bridgehead atoms. The molecule has 4 N–H and O–H groups in total. The average molecular weight is 475 g/mol. The Morgan fingerprint density at radius 2 is 1.97 bits per heavy atom. The van der Waals surface area contributed by atoms with Crippen LogP contribution in [0.15, 0.2) is 48.7 Å². The first-order valence-corrected chi connectivity index (χ1v) is 11.6. The van der Waals surface area contributed by atoms with E-state index in [-0.39, 0.29) is 17.9 Å². The van der Waals surface area contributed by atoms with Gasteiger partial charge in [0.05, 0.1) is 16.9 Å². The van der Waals surface area contributed by atoms with Crippen LogP contribution in [-0.4, -0.2) is 23.5 Å². The Morgan fingerprint density at radius 1 is 1.21 bits per heavy atom. The van der Waals surface area contributed by atoms with Crippen molar-refractivity contribution in [2.24, 2.45) is 5.73 Å². The topological polar surface area (TPSA) is 80.0 Å². The van der Waals surface area contributed by atoms with Gasteiger partial charge in [-0.05, 0) is 47.4 Å². The molecule has 0 fully saturated rings. The van der Waals surface area contributed by atoms with Gasteiger partial charge >= 0.3 is 6.18 Å². The van der Waals surface area contributed by atoms with Crippen molar-refractivity contribution in [2.75, 3.05) is 17.2 Å². The van der Waals surface area contributed by atoms with E-state index in [9.17, 15) is 18.0 Å². The number of hydrogen-bond donors (Lipinski definition) is 3. The first kappa shape index (κ1) is 23.3. The van der Waals surface area contributed by atoms with E-state index in [1.165, 1.54) is 23.5 Å². The van der Waals surface area contributed by atoms with Crippen molar-refractivity contribution in [1.29, 1.82) is 0 Å². The fraction of sp³-hybridized carbons (Fsp3) is 0.333. The fourth-order valence-electron chi connectivity index (χ4n) is 4.08. The van der Waals surface area contributed by atoms with Crippen LogP contribution in [0.4, 0.5) is 24.0 Å². The number of nitrogens with zero attached hydrogens (tertiary/aromatic N) is 1. The Labute approximate surface area is 194 Å². The molecule has 2 atom stereocenters. The Hall–Kier alpha value is -2.91. The lowest BCUT2D eigenvalue weighted by atomic mass is 9.87. The molecule has 0 saturated heterocycles. The molecule has 1 amide bonds. The van der Waals surface area contributed by atoms with E-state index in [1.54, 1.807) is 6.20 Å². The highest BCUT2D eigenvalue weighted by Crippen LogP contribution is 2.34. The number of carbonyl (C=O) groups excluding carboxylic acids is 1. The molecule has 0 spiro atoms. The van der Waals surface area contributed by atoms with Gasteiger partial charge in [-0.15, -0.1) is 0 Å². The molecular formula is C24H25F3N4OS. The Morgan fingerprint density at radius 3 is 2.67 bits per heavy atom. The lowest BCUT2D eigenvalue weighted by Gasteiger charge is -2.24. The standard InChI is InChI=1S/C24H25F3N4OS/c1-2-3-18(14-4-7-17(8-5-14)24(25,26)27)19(28)12-29-23-30-13-21(33-23)15-6-9-20-16(10-15)11-22(32)31-20/h4-10,13,18-19H,2-3,11-12,28H2,1H3,(H,29,30)(H,31,32)/t18-,19+/m0/s1. The zero-order chi connectivity index (χ0) is 23.6. The summed E-state index contributed by atoms with van der Waals surface area (Å²) in [4.78, 5) is 17.0. The van der Waals surface area contributed by atoms with Crippen LogP contribution in [0.2, 0.25) is 0 Å². The van der Waals surface area contributed by atoms with Gasteiger partial charge < -0.3 is 16.4 Å². The number of anilines is 2. The Kier molecular flexibility index (Phi) is 6.71. The van der Waals surface area contributed by atoms with E-state index in [2.05, 4.69) is 15.6 Å². The third-order valence-corrected chi connectivity index (χ3v) is 6.80. The number of halogens is 3. The molecule has 1 aromatic heterocycles. The van der Waals surface area contributed by atoms with Crippen molar-refractivity contribution in [3.63, 3.8) is 0 Å². The lowest BCUT2D eigenvalue weighted by Crippen LogP contribution is -2.35. The summed E-state index contributed by atoms with van der Waals surface area (Å²) in [5, 5.41) is 6.82. The number of alkyl halides is 3. The van der Waals surface area contributed by atoms with E-state index in [0.29, 0.717) is 13.0 Å². The molecule has 3 aromatic rings. The molecule has 0 aliphatic carbocycles. The summed E-state index contributed by atoms with van der Waals surface area (Å²) in [6.45, 7) is 2.48. The monoisotopic (exact) mass is 474 g/mol. The zero-order valence-corrected chi connectivity index (χ0v) is 18.9. The first-order chi connectivity index (χ1) is 15.7. The second-order valence-electron chi connectivity index (χ2n) is 8.19. The number of carbonyl (C=O) groups is 1. The maximum absolute atomic E-state index is 12.9. The Balaban J connectivity index is 1.41. The smallest absolute Gasteiger partial charge is 0.360 e. The largest absolute Gasteiger partial charge is 0.416 e. The normalized spacial score (nSPS) is 15.1. The summed E-state index contributed by atoms with van der Waals surface area (Å²) in [5.74, 6) is -0.0663. The van der Waals surface area contributed by atoms with Crippen molar-refractivity contribution in [1.82, 2.24) is 4.98 Å². The van der Waals surface area contributed by atoms with Crippen LogP contribution in [0.3, 0.4) is 0 Å². The van der Waals surface area contributed by atoms with E-state index in [1.807, 2.05) is 25.1 Å². The van der Waals surface area contributed by atoms with Crippen LogP contribution >= 0.6 is 11.3 Å². The first-order valence-electron chi connectivity index (χ1n) is 10.8. The minimum atomic E-state index is -4.35. The highest BCUT2D eigenvalue weighted by molar-refractivity contribution is 7.18. The van der Waals surface area contributed by atoms with Crippen molar-refractivity contribution < 1.29 is 18.0 Å². The molecule has 4 rings (SSSR count). The van der Waals surface area contributed by atoms with Gasteiger partial charge in [0.1, 0.15) is 0 Å². The predicted molar refractivity (Wildman–Crippen MR) is 125 cm³/mol. The molecule has 33 heavy (non-hydrogen) atoms. The molecule has 2 aromatic carbocycles. The molecule has 0 unspecified atom stereocenters. The molecular weight excluding hydrogens is 449 g/mol. The summed E-state index contributed by atoms with van der Waals surface area (Å²) in [6, 6.07) is 10.8. The molecule has 5 nitrogen and oxygen atoms in total. The van der Waals surface area contributed by atoms with Gasteiger partial charge in [0, 0.05) is 30.4 Å². The summed E-state index contributed by atoms with van der Waals surface area (Å²) in [5.41, 5.74) is 9.42. The van der Waals surface area contributed by atoms with Crippen molar-refractivity contribution >= 4 is 28.1 Å². The lowest BCUT2D eigenvalue weighted by molar-refractivity contribution is -0.137. The molecule has 1 aliphatic heterocycles. The van der Waals surface area contributed by atoms with Crippen LogP contribution in [-0.2, 0) is 17.4 Å². The number of fused-ring (bicyclic) bond motifs is 1. The maximum atomic E-state index is 12.9. The number of rotatable bonds is 8. The van der Waals surface area contributed by atoms with E-state index in [4.69, 9.17) is 5.73 Å². The highest BCUT2D eigenvalue weighted by Gasteiger charge is 2.30. The molecule has 1 aliphatic rings. The molecule has 0 radical (unpaired) electrons. The summed E-state index contributed by atoms with van der Waals surface area (Å²) in [6.07, 6.45) is -0.542. The van der Waals surface area contributed by atoms with Crippen LogP contribution in [0.5, 0.6) is 0 Å². The Bertz CT molecular complexity index is 1130. The van der Waals surface area contributed by atoms with Crippen LogP contribution in [0, 0.1) is 0 Å². The summed E-state index contributed by atoms with van der Waals surface area (Å²) in [7, 11) is 0. The van der Waals surface area contributed by atoms with Gasteiger partial charge in [-0.25, -0.2) is 4.98 Å². The number of benzene rings is 2. The van der Waals surface area contributed by atoms with Crippen LogP contribution in [0.25, 0.3) is 10.4 Å². The van der Waals surface area contributed by atoms with E-state index >= 15 is 0 Å². The number of thiazole rings is 1. The number of nitrogens with one attached hydrogen (secondary N) is 2. The van der Waals surface area contributed by atoms with Crippen molar-refractivity contribution in [3.8, 4) is 10.4 Å². The van der Waals surface area contributed by atoms with E-state index in [0.717, 1.165) is 57.4 Å². The zero-order valence-electron chi connectivity index (χ0n) is 18.1. The number of nitrogens with two attached hydrogens (primary N) is 1. The van der Waals surface area contributed by atoms with Crippen molar-refractivity contribution in [2.45, 2.75) is 44.3 Å². The summed E-state index contributed by atoms with van der Waals surface area (Å²) < 4.78 is 38.7. The van der Waals surface area contributed by atoms with Gasteiger partial charge in [0.15, 0.2) is 5.13 Å². The van der Waals surface area contributed by atoms with Crippen LogP contribution < -0.4 is 16.4 Å². The number of aromatic nitrogens is 1. The highest BCUT2D eigenvalue weighted by atomic mass is 32.1.